The molecule has 34 heavy (non-hydrogen) atoms. The van der Waals surface area contributed by atoms with E-state index in [9.17, 15) is 29.7 Å². The Balaban J connectivity index is 5.87. The van der Waals surface area contributed by atoms with Crippen molar-refractivity contribution in [1.29, 1.82) is 0 Å². The predicted octanol–water partition coefficient (Wildman–Crippen LogP) is 4.93. The maximum atomic E-state index is 12.5. The molecular formula is C27H49NO6. The fraction of sp³-hybridized carbons (Fsp3) is 0.815. The van der Waals surface area contributed by atoms with Crippen LogP contribution in [0.2, 0.25) is 0 Å². The summed E-state index contributed by atoms with van der Waals surface area (Å²) in [5.41, 5.74) is 0. The monoisotopic (exact) mass is 483 g/mol. The third-order valence-electron chi connectivity index (χ3n) is 6.81. The number of hydrogen-bond acceptors (Lipinski definition) is 4. The molecule has 0 fully saturated rings. The highest BCUT2D eigenvalue weighted by molar-refractivity contribution is 5.77. The number of carboxylic acid groups (broad SMARTS) is 3. The van der Waals surface area contributed by atoms with Crippen molar-refractivity contribution in [3.8, 4) is 0 Å². The summed E-state index contributed by atoms with van der Waals surface area (Å²) in [5.74, 6) is -3.58. The number of carbonyl (C=O) groups excluding carboxylic acids is 1. The molecule has 0 aromatic rings. The molecule has 0 aromatic heterocycles. The molecule has 0 bridgehead atoms. The van der Waals surface area contributed by atoms with Crippen molar-refractivity contribution in [3.05, 3.63) is 12.2 Å². The summed E-state index contributed by atoms with van der Waals surface area (Å²) in [6, 6.07) is -3.33. The van der Waals surface area contributed by atoms with E-state index in [0.717, 1.165) is 44.9 Å². The molecule has 0 aliphatic heterocycles. The zero-order chi connectivity index (χ0) is 26.0. The van der Waals surface area contributed by atoms with Crippen LogP contribution in [0.4, 0.5) is 0 Å². The first kappa shape index (κ1) is 32.1. The summed E-state index contributed by atoms with van der Waals surface area (Å²) in [6.07, 6.45) is 14.5. The molecule has 3 unspecified atom stereocenters. The minimum Gasteiger partial charge on any atom is -0.544 e. The van der Waals surface area contributed by atoms with Crippen LogP contribution in [0.5, 0.6) is 0 Å². The van der Waals surface area contributed by atoms with Gasteiger partial charge in [0.15, 0.2) is 12.1 Å². The minimum absolute atomic E-state index is 0.202. The number of aliphatic carboxylic acids is 3. The third-order valence-corrected chi connectivity index (χ3v) is 6.81. The lowest BCUT2D eigenvalue weighted by Gasteiger charge is -2.52. The first-order chi connectivity index (χ1) is 16.2. The average molecular weight is 484 g/mol. The molecule has 7 nitrogen and oxygen atoms in total. The van der Waals surface area contributed by atoms with E-state index in [4.69, 9.17) is 0 Å². The first-order valence-corrected chi connectivity index (χ1v) is 13.4. The van der Waals surface area contributed by atoms with Crippen LogP contribution in [0.3, 0.4) is 0 Å². The molecule has 0 spiro atoms. The largest absolute Gasteiger partial charge is 0.544 e. The number of hydrogen-bond donors (Lipinski definition) is 2. The van der Waals surface area contributed by atoms with Crippen LogP contribution in [0, 0.1) is 0 Å². The van der Waals surface area contributed by atoms with Gasteiger partial charge < -0.3 is 20.1 Å². The molecule has 0 amide bonds. The Hall–Kier alpha value is -1.89. The molecule has 0 saturated carbocycles. The van der Waals surface area contributed by atoms with Crippen molar-refractivity contribution in [2.24, 2.45) is 0 Å². The van der Waals surface area contributed by atoms with E-state index in [1.54, 1.807) is 0 Å². The van der Waals surface area contributed by atoms with Crippen molar-refractivity contribution in [2.75, 3.05) is 6.54 Å². The van der Waals surface area contributed by atoms with Gasteiger partial charge >= 0.3 is 11.9 Å². The molecule has 0 aromatic carbocycles. The molecule has 0 radical (unpaired) electrons. The maximum Gasteiger partial charge on any atom is 0.362 e. The normalized spacial score (nSPS) is 16.1. The molecule has 0 saturated heterocycles. The van der Waals surface area contributed by atoms with Crippen LogP contribution in [-0.4, -0.2) is 57.3 Å². The summed E-state index contributed by atoms with van der Waals surface area (Å²) in [6.45, 7) is 7.92. The zero-order valence-electron chi connectivity index (χ0n) is 22.0. The lowest BCUT2D eigenvalue weighted by Crippen LogP contribution is -2.74. The second-order valence-electron chi connectivity index (χ2n) is 9.44. The van der Waals surface area contributed by atoms with Gasteiger partial charge in [0.25, 0.3) is 0 Å². The van der Waals surface area contributed by atoms with Crippen LogP contribution in [-0.2, 0) is 14.4 Å². The van der Waals surface area contributed by atoms with E-state index in [1.807, 2.05) is 20.8 Å². The number of quaternary nitrogens is 1. The summed E-state index contributed by atoms with van der Waals surface area (Å²) in [4.78, 5) is 37.3. The van der Waals surface area contributed by atoms with Gasteiger partial charge in [-0.05, 0) is 44.9 Å². The number of allylic oxidation sites excluding steroid dienone is 2. The second kappa shape index (κ2) is 18.4. The van der Waals surface area contributed by atoms with Gasteiger partial charge in [0.1, 0.15) is 6.04 Å². The molecule has 0 rings (SSSR count). The van der Waals surface area contributed by atoms with Crippen molar-refractivity contribution in [2.45, 2.75) is 136 Å². The fourth-order valence-electron chi connectivity index (χ4n) is 5.21. The maximum absolute atomic E-state index is 12.5. The lowest BCUT2D eigenvalue weighted by molar-refractivity contribution is -0.975. The van der Waals surface area contributed by atoms with Gasteiger partial charge in [0.2, 0.25) is 0 Å². The lowest BCUT2D eigenvalue weighted by atomic mass is 9.91. The van der Waals surface area contributed by atoms with Gasteiger partial charge in [-0.3, -0.25) is 4.48 Å². The van der Waals surface area contributed by atoms with Crippen molar-refractivity contribution < 1.29 is 34.2 Å². The average Bonchev–Trinajstić information content (AvgIpc) is 2.78. The second-order valence-corrected chi connectivity index (χ2v) is 9.44. The van der Waals surface area contributed by atoms with E-state index in [1.165, 1.54) is 0 Å². The summed E-state index contributed by atoms with van der Waals surface area (Å²) >= 11 is 0. The Morgan fingerprint density at radius 1 is 0.676 bits per heavy atom. The van der Waals surface area contributed by atoms with Gasteiger partial charge in [0, 0.05) is 19.3 Å². The molecule has 198 valence electrons. The van der Waals surface area contributed by atoms with Crippen LogP contribution in [0.15, 0.2) is 12.2 Å². The number of carboxylic acids is 3. The smallest absolute Gasteiger partial charge is 0.362 e. The summed E-state index contributed by atoms with van der Waals surface area (Å²) in [5, 5.41) is 32.7. The van der Waals surface area contributed by atoms with Crippen molar-refractivity contribution in [3.63, 3.8) is 0 Å². The van der Waals surface area contributed by atoms with Crippen LogP contribution in [0.1, 0.15) is 118 Å². The van der Waals surface area contributed by atoms with Crippen molar-refractivity contribution in [1.82, 2.24) is 0 Å². The highest BCUT2D eigenvalue weighted by Crippen LogP contribution is 2.34. The fourth-order valence-corrected chi connectivity index (χ4v) is 5.21. The van der Waals surface area contributed by atoms with E-state index < -0.39 is 40.5 Å². The van der Waals surface area contributed by atoms with Gasteiger partial charge in [-0.2, -0.15) is 0 Å². The zero-order valence-corrected chi connectivity index (χ0v) is 22.0. The van der Waals surface area contributed by atoms with Crippen LogP contribution in [0.25, 0.3) is 0 Å². The standard InChI is InChI=1S/C27H49NO6/c1-5-9-10-11-12-13-14-15-16-17-21-28(22(18-6-2)25(29)30,23(19-7-3)26(31)32)24(20-8-4)27(33)34/h10-11,22-24H,5-9,12-21H2,1-4H3,(H2-,29,30,31,32,33,34)/b11-10+. The molecule has 2 N–H and O–H groups in total. The predicted molar refractivity (Wildman–Crippen MR) is 133 cm³/mol. The molecular weight excluding hydrogens is 434 g/mol. The number of rotatable bonds is 22. The quantitative estimate of drug-likeness (QED) is 0.128. The van der Waals surface area contributed by atoms with Crippen LogP contribution >= 0.6 is 0 Å². The molecule has 0 heterocycles. The van der Waals surface area contributed by atoms with Gasteiger partial charge in [0.05, 0.1) is 12.5 Å². The molecule has 3 atom stereocenters. The molecule has 0 aliphatic rings. The number of carbonyl (C=O) groups is 3. The van der Waals surface area contributed by atoms with E-state index in [0.29, 0.717) is 25.7 Å². The Morgan fingerprint density at radius 2 is 1.12 bits per heavy atom. The highest BCUT2D eigenvalue weighted by Gasteiger charge is 2.54. The topological polar surface area (TPSA) is 115 Å². The van der Waals surface area contributed by atoms with Gasteiger partial charge in [-0.1, -0.05) is 65.5 Å². The number of nitrogens with zero attached hydrogens (tertiary/aromatic N) is 1. The summed E-state index contributed by atoms with van der Waals surface area (Å²) < 4.78 is -0.442. The number of unbranched alkanes of at least 4 members (excludes halogenated alkanes) is 6. The Kier molecular flexibility index (Phi) is 17.4. The first-order valence-electron chi connectivity index (χ1n) is 13.4. The van der Waals surface area contributed by atoms with E-state index in [-0.39, 0.29) is 25.8 Å². The van der Waals surface area contributed by atoms with Crippen molar-refractivity contribution >= 4 is 17.9 Å². The van der Waals surface area contributed by atoms with E-state index >= 15 is 0 Å². The Labute approximate surface area is 206 Å². The van der Waals surface area contributed by atoms with Crippen LogP contribution < -0.4 is 5.11 Å². The Bertz CT molecular complexity index is 558. The van der Waals surface area contributed by atoms with Gasteiger partial charge in [-0.25, -0.2) is 9.59 Å². The van der Waals surface area contributed by atoms with Gasteiger partial charge in [-0.15, -0.1) is 0 Å². The third kappa shape index (κ3) is 10.2. The SMILES string of the molecule is CCC/C=C/CCCCCCC[N+](C(CCC)C(=O)[O-])(C(CCC)C(=O)O)C(CCC)C(=O)O. The Morgan fingerprint density at radius 3 is 1.56 bits per heavy atom. The molecule has 7 heteroatoms. The highest BCUT2D eigenvalue weighted by atomic mass is 16.4. The minimum atomic E-state index is -1.34. The van der Waals surface area contributed by atoms with E-state index in [2.05, 4.69) is 19.1 Å². The summed E-state index contributed by atoms with van der Waals surface area (Å²) in [7, 11) is 0. The molecule has 0 aliphatic carbocycles.